The van der Waals surface area contributed by atoms with Gasteiger partial charge in [-0.2, -0.15) is 11.8 Å². The van der Waals surface area contributed by atoms with Gasteiger partial charge in [-0.3, -0.25) is 0 Å². The molecule has 2 N–H and O–H groups in total. The lowest BCUT2D eigenvalue weighted by Crippen LogP contribution is -2.18. The second kappa shape index (κ2) is 7.36. The average Bonchev–Trinajstić information content (AvgIpc) is 2.89. The summed E-state index contributed by atoms with van der Waals surface area (Å²) in [7, 11) is 0. The van der Waals surface area contributed by atoms with Gasteiger partial charge < -0.3 is 10.3 Å². The van der Waals surface area contributed by atoms with Crippen molar-refractivity contribution < 1.29 is 0 Å². The zero-order valence-corrected chi connectivity index (χ0v) is 12.1. The summed E-state index contributed by atoms with van der Waals surface area (Å²) in [5, 5.41) is 0. The zero-order chi connectivity index (χ0) is 13.5. The van der Waals surface area contributed by atoms with E-state index in [-0.39, 0.29) is 6.04 Å². The van der Waals surface area contributed by atoms with Crippen molar-refractivity contribution in [2.24, 2.45) is 5.73 Å². The molecule has 0 fully saturated rings. The van der Waals surface area contributed by atoms with Crippen LogP contribution in [-0.2, 0) is 13.0 Å². The van der Waals surface area contributed by atoms with Crippen LogP contribution in [0.4, 0.5) is 0 Å². The van der Waals surface area contributed by atoms with E-state index in [1.54, 1.807) is 0 Å². The number of aryl methyl sites for hydroxylation is 1. The van der Waals surface area contributed by atoms with Gasteiger partial charge in [0.2, 0.25) is 0 Å². The van der Waals surface area contributed by atoms with Crippen molar-refractivity contribution in [3.63, 3.8) is 0 Å². The maximum atomic E-state index is 6.31. The summed E-state index contributed by atoms with van der Waals surface area (Å²) in [6.07, 6.45) is 7.93. The Balaban J connectivity index is 1.99. The minimum atomic E-state index is 0.0131. The molecule has 1 aromatic carbocycles. The van der Waals surface area contributed by atoms with Crippen LogP contribution in [-0.4, -0.2) is 21.6 Å². The van der Waals surface area contributed by atoms with Crippen LogP contribution in [0.5, 0.6) is 0 Å². The first-order valence-electron chi connectivity index (χ1n) is 6.59. The lowest BCUT2D eigenvalue weighted by molar-refractivity contribution is 0.592. The second-order valence-electron chi connectivity index (χ2n) is 4.65. The normalized spacial score (nSPS) is 12.5. The van der Waals surface area contributed by atoms with Crippen molar-refractivity contribution in [1.82, 2.24) is 9.55 Å². The highest BCUT2D eigenvalue weighted by molar-refractivity contribution is 7.98. The summed E-state index contributed by atoms with van der Waals surface area (Å²) in [6, 6.07) is 10.4. The number of nitrogens with two attached hydrogens (primary N) is 1. The Kier molecular flexibility index (Phi) is 5.48. The highest BCUT2D eigenvalue weighted by Crippen LogP contribution is 2.16. The molecule has 0 amide bonds. The molecule has 0 saturated heterocycles. The average molecular weight is 275 g/mol. The second-order valence-corrected chi connectivity index (χ2v) is 5.64. The van der Waals surface area contributed by atoms with E-state index in [1.165, 1.54) is 11.3 Å². The summed E-state index contributed by atoms with van der Waals surface area (Å²) in [5.74, 6) is 1.17. The van der Waals surface area contributed by atoms with E-state index in [4.69, 9.17) is 5.73 Å². The zero-order valence-electron chi connectivity index (χ0n) is 11.3. The molecule has 0 aliphatic carbocycles. The molecule has 0 aliphatic rings. The number of benzene rings is 1. The molecule has 4 heteroatoms. The van der Waals surface area contributed by atoms with Crippen molar-refractivity contribution in [2.75, 3.05) is 12.0 Å². The van der Waals surface area contributed by atoms with E-state index >= 15 is 0 Å². The largest absolute Gasteiger partial charge is 0.333 e. The van der Waals surface area contributed by atoms with E-state index in [0.717, 1.165) is 25.1 Å². The maximum Gasteiger partial charge on any atom is 0.0948 e. The van der Waals surface area contributed by atoms with Crippen LogP contribution in [0, 0.1) is 0 Å². The standard InChI is InChI=1S/C15H21N3S/c1-19-9-5-8-18-12-17-11-15(18)14(16)10-13-6-3-2-4-7-13/h2-4,6-7,11-12,14H,5,8-10,16H2,1H3/t14-/m1/s1. The molecule has 3 nitrogen and oxygen atoms in total. The Morgan fingerprint density at radius 3 is 2.84 bits per heavy atom. The number of imidazole rings is 1. The fourth-order valence-electron chi connectivity index (χ4n) is 2.18. The van der Waals surface area contributed by atoms with Crippen molar-refractivity contribution in [2.45, 2.75) is 25.4 Å². The van der Waals surface area contributed by atoms with Gasteiger partial charge in [-0.15, -0.1) is 0 Å². The Bertz CT molecular complexity index is 481. The molecule has 0 radical (unpaired) electrons. The first-order valence-corrected chi connectivity index (χ1v) is 7.99. The fraction of sp³-hybridized carbons (Fsp3) is 0.400. The fourth-order valence-corrected chi connectivity index (χ4v) is 2.60. The summed E-state index contributed by atoms with van der Waals surface area (Å²) in [4.78, 5) is 4.24. The van der Waals surface area contributed by atoms with Gasteiger partial charge in [0.1, 0.15) is 0 Å². The summed E-state index contributed by atoms with van der Waals surface area (Å²) in [5.41, 5.74) is 8.71. The molecule has 0 saturated carbocycles. The third kappa shape index (κ3) is 4.11. The van der Waals surface area contributed by atoms with Gasteiger partial charge in [-0.05, 0) is 30.4 Å². The van der Waals surface area contributed by atoms with Gasteiger partial charge in [0.05, 0.1) is 18.1 Å². The number of rotatable bonds is 7. The molecule has 1 aromatic heterocycles. The quantitative estimate of drug-likeness (QED) is 0.790. The van der Waals surface area contributed by atoms with Gasteiger partial charge in [-0.1, -0.05) is 30.3 Å². The van der Waals surface area contributed by atoms with Crippen LogP contribution in [0.25, 0.3) is 0 Å². The summed E-state index contributed by atoms with van der Waals surface area (Å²) >= 11 is 1.88. The predicted molar refractivity (Wildman–Crippen MR) is 82.3 cm³/mol. The number of thioether (sulfide) groups is 1. The molecule has 0 aliphatic heterocycles. The highest BCUT2D eigenvalue weighted by Gasteiger charge is 2.11. The smallest absolute Gasteiger partial charge is 0.0948 e. The molecule has 19 heavy (non-hydrogen) atoms. The van der Waals surface area contributed by atoms with Crippen LogP contribution >= 0.6 is 11.8 Å². The van der Waals surface area contributed by atoms with Crippen LogP contribution in [0.15, 0.2) is 42.9 Å². The SMILES string of the molecule is CSCCCn1cncc1[C@H](N)Cc1ccccc1. The molecule has 0 unspecified atom stereocenters. The van der Waals surface area contributed by atoms with E-state index in [1.807, 2.05) is 30.4 Å². The van der Waals surface area contributed by atoms with E-state index in [0.29, 0.717) is 0 Å². The first-order chi connectivity index (χ1) is 9.31. The first kappa shape index (κ1) is 14.2. The van der Waals surface area contributed by atoms with Crippen LogP contribution in [0.2, 0.25) is 0 Å². The number of hydrogen-bond donors (Lipinski definition) is 1. The molecule has 2 rings (SSSR count). The van der Waals surface area contributed by atoms with Gasteiger partial charge in [0.25, 0.3) is 0 Å². The Labute approximate surface area is 119 Å². The Morgan fingerprint density at radius 2 is 2.11 bits per heavy atom. The molecule has 0 spiro atoms. The van der Waals surface area contributed by atoms with E-state index in [2.05, 4.69) is 40.1 Å². The number of hydrogen-bond acceptors (Lipinski definition) is 3. The molecular weight excluding hydrogens is 254 g/mol. The summed E-state index contributed by atoms with van der Waals surface area (Å²) < 4.78 is 2.18. The predicted octanol–water partition coefficient (Wildman–Crippen LogP) is 2.88. The Morgan fingerprint density at radius 1 is 1.32 bits per heavy atom. The van der Waals surface area contributed by atoms with E-state index in [9.17, 15) is 0 Å². The van der Waals surface area contributed by atoms with Gasteiger partial charge in [0.15, 0.2) is 0 Å². The third-order valence-corrected chi connectivity index (χ3v) is 3.87. The Hall–Kier alpha value is -1.26. The van der Waals surface area contributed by atoms with Crippen molar-refractivity contribution in [3.05, 3.63) is 54.1 Å². The van der Waals surface area contributed by atoms with Crippen LogP contribution in [0.1, 0.15) is 23.7 Å². The lowest BCUT2D eigenvalue weighted by atomic mass is 10.0. The number of aromatic nitrogens is 2. The van der Waals surface area contributed by atoms with Crippen LogP contribution in [0.3, 0.4) is 0 Å². The topological polar surface area (TPSA) is 43.8 Å². The van der Waals surface area contributed by atoms with Crippen molar-refractivity contribution >= 4 is 11.8 Å². The van der Waals surface area contributed by atoms with E-state index < -0.39 is 0 Å². The summed E-state index contributed by atoms with van der Waals surface area (Å²) in [6.45, 7) is 0.999. The molecule has 1 heterocycles. The minimum Gasteiger partial charge on any atom is -0.333 e. The van der Waals surface area contributed by atoms with Gasteiger partial charge >= 0.3 is 0 Å². The molecular formula is C15H21N3S. The molecule has 1 atom stereocenters. The van der Waals surface area contributed by atoms with Gasteiger partial charge in [0, 0.05) is 12.7 Å². The van der Waals surface area contributed by atoms with Crippen molar-refractivity contribution in [3.8, 4) is 0 Å². The minimum absolute atomic E-state index is 0.0131. The monoisotopic (exact) mass is 275 g/mol. The highest BCUT2D eigenvalue weighted by atomic mass is 32.2. The molecule has 2 aromatic rings. The van der Waals surface area contributed by atoms with Crippen molar-refractivity contribution in [1.29, 1.82) is 0 Å². The van der Waals surface area contributed by atoms with Crippen LogP contribution < -0.4 is 5.73 Å². The third-order valence-electron chi connectivity index (χ3n) is 3.17. The molecule has 102 valence electrons. The maximum absolute atomic E-state index is 6.31. The van der Waals surface area contributed by atoms with Gasteiger partial charge in [-0.25, -0.2) is 4.98 Å². The lowest BCUT2D eigenvalue weighted by Gasteiger charge is -2.14. The molecule has 0 bridgehead atoms. The number of nitrogens with zero attached hydrogens (tertiary/aromatic N) is 2.